The number of nitrogens with zero attached hydrogens (tertiary/aromatic N) is 2. The third-order valence-electron chi connectivity index (χ3n) is 5.26. The number of hydrogen-bond donors (Lipinski definition) is 1. The van der Waals surface area contributed by atoms with Gasteiger partial charge in [-0.15, -0.1) is 0 Å². The number of nitrogens with one attached hydrogen (secondary N) is 1. The number of imide groups is 1. The Morgan fingerprint density at radius 1 is 1.00 bits per heavy atom. The highest BCUT2D eigenvalue weighted by Crippen LogP contribution is 2.32. The molecule has 0 spiro atoms. The Morgan fingerprint density at radius 3 is 2.25 bits per heavy atom. The first kappa shape index (κ1) is 18.0. The van der Waals surface area contributed by atoms with E-state index in [-0.39, 0.29) is 36.6 Å². The second-order valence-electron chi connectivity index (χ2n) is 7.25. The van der Waals surface area contributed by atoms with Crippen LogP contribution in [0.1, 0.15) is 38.6 Å². The normalized spacial score (nSPS) is 14.4. The van der Waals surface area contributed by atoms with Crippen LogP contribution >= 0.6 is 0 Å². The molecule has 0 saturated carbocycles. The molecule has 6 heteroatoms. The fourth-order valence-corrected chi connectivity index (χ4v) is 3.72. The van der Waals surface area contributed by atoms with Gasteiger partial charge in [0.2, 0.25) is 5.91 Å². The highest BCUT2D eigenvalue weighted by atomic mass is 16.2. The van der Waals surface area contributed by atoms with E-state index >= 15 is 0 Å². The van der Waals surface area contributed by atoms with Crippen LogP contribution in [0.25, 0.3) is 10.9 Å². The van der Waals surface area contributed by atoms with Crippen LogP contribution in [0.4, 0.5) is 0 Å². The van der Waals surface area contributed by atoms with Gasteiger partial charge in [-0.3, -0.25) is 19.3 Å². The summed E-state index contributed by atoms with van der Waals surface area (Å²) in [6.45, 7) is 0.160. The summed E-state index contributed by atoms with van der Waals surface area (Å²) in [5, 5.41) is 0.996. The van der Waals surface area contributed by atoms with E-state index in [1.54, 1.807) is 38.4 Å². The highest BCUT2D eigenvalue weighted by Gasteiger charge is 2.37. The maximum atomic E-state index is 12.8. The minimum atomic E-state index is -0.303. The van der Waals surface area contributed by atoms with Crippen molar-refractivity contribution in [3.8, 4) is 0 Å². The quantitative estimate of drug-likeness (QED) is 0.697. The minimum Gasteiger partial charge on any atom is -0.361 e. The fraction of sp³-hybridized carbons (Fsp3) is 0.227. The topological polar surface area (TPSA) is 73.5 Å². The Labute approximate surface area is 162 Å². The summed E-state index contributed by atoms with van der Waals surface area (Å²) in [5.74, 6) is -0.953. The fourth-order valence-electron chi connectivity index (χ4n) is 3.72. The average Bonchev–Trinajstić information content (AvgIpc) is 3.23. The zero-order valence-corrected chi connectivity index (χ0v) is 15.8. The van der Waals surface area contributed by atoms with E-state index in [2.05, 4.69) is 4.98 Å². The van der Waals surface area contributed by atoms with Gasteiger partial charge < -0.3 is 9.88 Å². The predicted octanol–water partition coefficient (Wildman–Crippen LogP) is 3.03. The molecule has 2 aromatic carbocycles. The molecule has 1 atom stereocenters. The number of benzene rings is 2. The molecule has 1 aromatic heterocycles. The molecule has 1 unspecified atom stereocenters. The predicted molar refractivity (Wildman–Crippen MR) is 106 cm³/mol. The van der Waals surface area contributed by atoms with Gasteiger partial charge in [0.1, 0.15) is 0 Å². The van der Waals surface area contributed by atoms with Crippen LogP contribution < -0.4 is 0 Å². The lowest BCUT2D eigenvalue weighted by Gasteiger charge is -2.23. The summed E-state index contributed by atoms with van der Waals surface area (Å²) in [6, 6.07) is 14.7. The molecular formula is C22H21N3O3. The SMILES string of the molecule is CN(C)C(=O)CC(CN1C(=O)c2ccccc2C1=O)c1c[nH]c2ccccc12. The Hall–Kier alpha value is -3.41. The van der Waals surface area contributed by atoms with E-state index < -0.39 is 0 Å². The maximum absolute atomic E-state index is 12.8. The largest absolute Gasteiger partial charge is 0.361 e. The summed E-state index contributed by atoms with van der Waals surface area (Å²) in [4.78, 5) is 44.1. The van der Waals surface area contributed by atoms with E-state index in [1.807, 2.05) is 30.5 Å². The van der Waals surface area contributed by atoms with Crippen LogP contribution in [0.15, 0.2) is 54.7 Å². The average molecular weight is 375 g/mol. The number of carbonyl (C=O) groups excluding carboxylic acids is 3. The number of aromatic nitrogens is 1. The maximum Gasteiger partial charge on any atom is 0.261 e. The second kappa shape index (κ2) is 6.96. The molecule has 0 saturated heterocycles. The van der Waals surface area contributed by atoms with Crippen molar-refractivity contribution in [2.75, 3.05) is 20.6 Å². The van der Waals surface area contributed by atoms with Crippen molar-refractivity contribution in [3.05, 3.63) is 71.4 Å². The summed E-state index contributed by atoms with van der Waals surface area (Å²) in [6.07, 6.45) is 2.08. The molecule has 0 aliphatic carbocycles. The first-order valence-electron chi connectivity index (χ1n) is 9.18. The highest BCUT2D eigenvalue weighted by molar-refractivity contribution is 6.21. The number of H-pyrrole nitrogens is 1. The number of hydrogen-bond acceptors (Lipinski definition) is 3. The lowest BCUT2D eigenvalue weighted by molar-refractivity contribution is -0.129. The molecule has 1 aliphatic rings. The van der Waals surface area contributed by atoms with Gasteiger partial charge in [0.15, 0.2) is 0 Å². The first-order valence-corrected chi connectivity index (χ1v) is 9.18. The number of aromatic amines is 1. The Balaban J connectivity index is 1.70. The molecule has 3 aromatic rings. The third-order valence-corrected chi connectivity index (χ3v) is 5.26. The molecule has 1 N–H and O–H groups in total. The zero-order chi connectivity index (χ0) is 19.8. The number of rotatable bonds is 5. The van der Waals surface area contributed by atoms with Crippen molar-refractivity contribution in [2.24, 2.45) is 0 Å². The van der Waals surface area contributed by atoms with Gasteiger partial charge in [-0.25, -0.2) is 0 Å². The lowest BCUT2D eigenvalue weighted by Crippen LogP contribution is -2.35. The zero-order valence-electron chi connectivity index (χ0n) is 15.8. The van der Waals surface area contributed by atoms with Crippen molar-refractivity contribution in [2.45, 2.75) is 12.3 Å². The standard InChI is InChI=1S/C22H21N3O3/c1-24(2)20(26)11-14(18-12-23-19-10-6-5-7-15(18)19)13-25-21(27)16-8-3-4-9-17(16)22(25)28/h3-10,12,14,23H,11,13H2,1-2H3. The summed E-state index contributed by atoms with van der Waals surface area (Å²) < 4.78 is 0. The molecule has 28 heavy (non-hydrogen) atoms. The van der Waals surface area contributed by atoms with Crippen LogP contribution in [-0.2, 0) is 4.79 Å². The van der Waals surface area contributed by atoms with Gasteiger partial charge in [0, 0.05) is 50.1 Å². The van der Waals surface area contributed by atoms with Gasteiger partial charge >= 0.3 is 0 Å². The third kappa shape index (κ3) is 2.97. The molecule has 0 fully saturated rings. The van der Waals surface area contributed by atoms with Gasteiger partial charge in [0.05, 0.1) is 11.1 Å². The molecule has 2 heterocycles. The van der Waals surface area contributed by atoms with Crippen molar-refractivity contribution < 1.29 is 14.4 Å². The monoisotopic (exact) mass is 375 g/mol. The summed E-state index contributed by atoms with van der Waals surface area (Å²) in [7, 11) is 3.41. The smallest absolute Gasteiger partial charge is 0.261 e. The van der Waals surface area contributed by atoms with Crippen molar-refractivity contribution >= 4 is 28.6 Å². The van der Waals surface area contributed by atoms with E-state index in [9.17, 15) is 14.4 Å². The Bertz CT molecular complexity index is 1050. The lowest BCUT2D eigenvalue weighted by atomic mass is 9.94. The van der Waals surface area contributed by atoms with Crippen molar-refractivity contribution in [1.82, 2.24) is 14.8 Å². The minimum absolute atomic E-state index is 0.0492. The number of fused-ring (bicyclic) bond motifs is 2. The Kier molecular flexibility index (Phi) is 4.47. The van der Waals surface area contributed by atoms with Crippen LogP contribution in [0.3, 0.4) is 0 Å². The molecule has 3 amide bonds. The number of para-hydroxylation sites is 1. The van der Waals surface area contributed by atoms with Crippen LogP contribution in [0.2, 0.25) is 0 Å². The van der Waals surface area contributed by atoms with E-state index in [4.69, 9.17) is 0 Å². The van der Waals surface area contributed by atoms with Crippen molar-refractivity contribution in [1.29, 1.82) is 0 Å². The van der Waals surface area contributed by atoms with Crippen LogP contribution in [0, 0.1) is 0 Å². The van der Waals surface area contributed by atoms with E-state index in [0.29, 0.717) is 11.1 Å². The van der Waals surface area contributed by atoms with Crippen LogP contribution in [-0.4, -0.2) is 53.1 Å². The second-order valence-corrected chi connectivity index (χ2v) is 7.25. The molecule has 142 valence electrons. The van der Waals surface area contributed by atoms with Crippen molar-refractivity contribution in [3.63, 3.8) is 0 Å². The molecule has 4 rings (SSSR count). The van der Waals surface area contributed by atoms with Gasteiger partial charge in [-0.2, -0.15) is 0 Å². The summed E-state index contributed by atoms with van der Waals surface area (Å²) >= 11 is 0. The van der Waals surface area contributed by atoms with E-state index in [1.165, 1.54) is 9.80 Å². The first-order chi connectivity index (χ1) is 13.5. The summed E-state index contributed by atoms with van der Waals surface area (Å²) in [5.41, 5.74) is 2.73. The van der Waals surface area contributed by atoms with Gasteiger partial charge in [0.25, 0.3) is 11.8 Å². The number of amides is 3. The molecule has 0 radical (unpaired) electrons. The Morgan fingerprint density at radius 2 is 1.61 bits per heavy atom. The molecule has 6 nitrogen and oxygen atoms in total. The van der Waals surface area contributed by atoms with Crippen LogP contribution in [0.5, 0.6) is 0 Å². The van der Waals surface area contributed by atoms with Gasteiger partial charge in [-0.1, -0.05) is 30.3 Å². The molecular weight excluding hydrogens is 354 g/mol. The molecule has 0 bridgehead atoms. The van der Waals surface area contributed by atoms with E-state index in [0.717, 1.165) is 16.5 Å². The van der Waals surface area contributed by atoms with Gasteiger partial charge in [-0.05, 0) is 23.8 Å². The molecule has 1 aliphatic heterocycles. The number of carbonyl (C=O) groups is 3.